The van der Waals surface area contributed by atoms with Crippen molar-refractivity contribution in [1.29, 1.82) is 0 Å². The van der Waals surface area contributed by atoms with Crippen LogP contribution in [0.15, 0.2) is 91.4 Å². The van der Waals surface area contributed by atoms with Crippen molar-refractivity contribution >= 4 is 29.4 Å². The highest BCUT2D eigenvalue weighted by Crippen LogP contribution is 2.40. The van der Waals surface area contributed by atoms with E-state index in [4.69, 9.17) is 19.4 Å². The van der Waals surface area contributed by atoms with Crippen LogP contribution in [0.5, 0.6) is 0 Å². The Balaban J connectivity index is 1.23. The molecule has 0 spiro atoms. The number of hydrogen-bond donors (Lipinski definition) is 4. The molecule has 0 saturated carbocycles. The van der Waals surface area contributed by atoms with Gasteiger partial charge in [0.25, 0.3) is 6.47 Å². The van der Waals surface area contributed by atoms with E-state index >= 15 is 0 Å². The number of carbonyl (C=O) groups is 1. The van der Waals surface area contributed by atoms with Gasteiger partial charge < -0.3 is 25.2 Å². The quantitative estimate of drug-likeness (QED) is 0.124. The zero-order chi connectivity index (χ0) is 33.6. The third-order valence-electron chi connectivity index (χ3n) is 8.53. The number of aromatic amines is 1. The van der Waals surface area contributed by atoms with Crippen molar-refractivity contribution < 1.29 is 19.4 Å². The van der Waals surface area contributed by atoms with Crippen LogP contribution in [-0.4, -0.2) is 76.6 Å². The molecule has 250 valence electrons. The minimum absolute atomic E-state index is 0.0198. The molecule has 7 rings (SSSR count). The number of carbonyl (C=O) groups excluding carboxylic acids is 1. The number of rotatable bonds is 14. The van der Waals surface area contributed by atoms with Crippen molar-refractivity contribution in [1.82, 2.24) is 39.7 Å². The number of aliphatic hydroxyl groups is 1. The number of aliphatic hydroxyl groups excluding tert-OH is 1. The number of aromatic nitrogens is 8. The number of benzene rings is 2. The van der Waals surface area contributed by atoms with Crippen molar-refractivity contribution in [3.05, 3.63) is 120 Å². The monoisotopic (exact) mass is 660 g/mol. The summed E-state index contributed by atoms with van der Waals surface area (Å²) in [5, 5.41) is 25.4. The Kier molecular flexibility index (Phi) is 9.48. The second-order valence-corrected chi connectivity index (χ2v) is 11.6. The van der Waals surface area contributed by atoms with Crippen molar-refractivity contribution in [2.24, 2.45) is 0 Å². The molecule has 1 saturated heterocycles. The van der Waals surface area contributed by atoms with E-state index in [1.54, 1.807) is 10.8 Å². The van der Waals surface area contributed by atoms with Crippen LogP contribution in [0.3, 0.4) is 0 Å². The number of fused-ring (bicyclic) bond motifs is 1. The van der Waals surface area contributed by atoms with Crippen LogP contribution in [0.1, 0.15) is 53.6 Å². The van der Waals surface area contributed by atoms with E-state index in [9.17, 15) is 9.90 Å². The van der Waals surface area contributed by atoms with Crippen LogP contribution in [-0.2, 0) is 27.1 Å². The predicted octanol–water partition coefficient (Wildman–Crippen LogP) is 3.97. The number of nitrogens with zero attached hydrogens (tertiary/aromatic N) is 7. The molecule has 49 heavy (non-hydrogen) atoms. The maximum absolute atomic E-state index is 11.5. The van der Waals surface area contributed by atoms with Gasteiger partial charge in [-0.05, 0) is 23.3 Å². The molecule has 14 heteroatoms. The largest absolute Gasteiger partial charge is 0.458 e. The molecule has 0 aliphatic carbocycles. The molecule has 4 atom stereocenters. The zero-order valence-electron chi connectivity index (χ0n) is 26.8. The van der Waals surface area contributed by atoms with Crippen molar-refractivity contribution in [3.8, 4) is 0 Å². The summed E-state index contributed by atoms with van der Waals surface area (Å²) < 4.78 is 13.2. The predicted molar refractivity (Wildman–Crippen MR) is 181 cm³/mol. The minimum Gasteiger partial charge on any atom is -0.458 e. The third-order valence-corrected chi connectivity index (χ3v) is 8.53. The number of H-pyrrole nitrogens is 1. The summed E-state index contributed by atoms with van der Waals surface area (Å²) in [7, 11) is 0. The van der Waals surface area contributed by atoms with Gasteiger partial charge in [0, 0.05) is 43.7 Å². The number of pyridine rings is 1. The third kappa shape index (κ3) is 6.82. The van der Waals surface area contributed by atoms with E-state index < -0.39 is 24.5 Å². The van der Waals surface area contributed by atoms with Gasteiger partial charge in [0.05, 0.1) is 6.33 Å². The van der Waals surface area contributed by atoms with Crippen LogP contribution in [0.4, 0.5) is 11.8 Å². The van der Waals surface area contributed by atoms with Crippen LogP contribution in [0, 0.1) is 0 Å². The van der Waals surface area contributed by atoms with Gasteiger partial charge in [-0.2, -0.15) is 15.1 Å². The summed E-state index contributed by atoms with van der Waals surface area (Å²) in [6.45, 7) is 3.27. The van der Waals surface area contributed by atoms with Gasteiger partial charge >= 0.3 is 0 Å². The fourth-order valence-electron chi connectivity index (χ4n) is 6.05. The Labute approximate surface area is 282 Å². The molecule has 1 aliphatic heterocycles. The second-order valence-electron chi connectivity index (χ2n) is 11.6. The molecule has 0 bridgehead atoms. The number of imidazole rings is 1. The average molecular weight is 661 g/mol. The first-order chi connectivity index (χ1) is 24.1. The van der Waals surface area contributed by atoms with Crippen molar-refractivity contribution in [3.63, 3.8) is 0 Å². The molecular formula is C35H36N10O4. The first-order valence-electron chi connectivity index (χ1n) is 16.2. The summed E-state index contributed by atoms with van der Waals surface area (Å²) in [5.74, 6) is 1.80. The zero-order valence-corrected chi connectivity index (χ0v) is 26.8. The highest BCUT2D eigenvalue weighted by Gasteiger charge is 2.49. The Bertz CT molecular complexity index is 1930. The average Bonchev–Trinajstić information content (AvgIpc) is 3.88. The Morgan fingerprint density at radius 2 is 1.73 bits per heavy atom. The first kappa shape index (κ1) is 31.8. The standard InChI is InChI=1S/C35H36N10O4/c1-2-26-40-32(44-43-26)30-29(48-21-46)28(47)34(49-30)45-20-39-27-31(41-35(42-33(27)45)37-18-16-24-15-9-10-17-36-24)38-19-25(22-11-5-3-6-12-22)23-13-7-4-8-14-23/h3-15,17,20-21,25,28-30,34,47H,2,16,18-19H2,1H3,(H,40,43,44)(H2,37,38,41,42)/t28-,29+,30+,34-/m1/s1. The highest BCUT2D eigenvalue weighted by molar-refractivity contribution is 5.84. The maximum Gasteiger partial charge on any atom is 0.293 e. The summed E-state index contributed by atoms with van der Waals surface area (Å²) in [4.78, 5) is 34.7. The van der Waals surface area contributed by atoms with Gasteiger partial charge in [-0.1, -0.05) is 73.7 Å². The van der Waals surface area contributed by atoms with Crippen LogP contribution in [0.25, 0.3) is 11.2 Å². The lowest BCUT2D eigenvalue weighted by Crippen LogP contribution is -2.31. The molecule has 4 N–H and O–H groups in total. The lowest BCUT2D eigenvalue weighted by Gasteiger charge is -2.20. The Hall–Kier alpha value is -5.73. The highest BCUT2D eigenvalue weighted by atomic mass is 16.6. The summed E-state index contributed by atoms with van der Waals surface area (Å²) in [6.07, 6.45) is 0.296. The van der Waals surface area contributed by atoms with Crippen molar-refractivity contribution in [2.75, 3.05) is 23.7 Å². The van der Waals surface area contributed by atoms with E-state index in [1.165, 1.54) is 6.33 Å². The topological polar surface area (TPSA) is 178 Å². The summed E-state index contributed by atoms with van der Waals surface area (Å²) in [6, 6.07) is 26.4. The van der Waals surface area contributed by atoms with Crippen molar-refractivity contribution in [2.45, 2.75) is 50.2 Å². The Morgan fingerprint density at radius 3 is 2.41 bits per heavy atom. The number of aryl methyl sites for hydroxylation is 1. The molecule has 2 aromatic carbocycles. The molecular weight excluding hydrogens is 624 g/mol. The molecule has 6 aromatic rings. The van der Waals surface area contributed by atoms with E-state index in [0.29, 0.717) is 54.7 Å². The fraction of sp³-hybridized carbons (Fsp3) is 0.286. The normalized spacial score (nSPS) is 18.9. The van der Waals surface area contributed by atoms with E-state index in [2.05, 4.69) is 60.0 Å². The minimum atomic E-state index is -1.27. The Morgan fingerprint density at radius 1 is 0.980 bits per heavy atom. The van der Waals surface area contributed by atoms with Gasteiger partial charge in [0.1, 0.15) is 11.9 Å². The molecule has 0 amide bonds. The molecule has 14 nitrogen and oxygen atoms in total. The van der Waals surface area contributed by atoms with Gasteiger partial charge in [0.15, 0.2) is 41.2 Å². The second kappa shape index (κ2) is 14.6. The molecule has 0 radical (unpaired) electrons. The maximum atomic E-state index is 11.5. The first-order valence-corrected chi connectivity index (χ1v) is 16.2. The van der Waals surface area contributed by atoms with E-state index in [-0.39, 0.29) is 18.2 Å². The summed E-state index contributed by atoms with van der Waals surface area (Å²) >= 11 is 0. The van der Waals surface area contributed by atoms with Gasteiger partial charge in [-0.15, -0.1) is 0 Å². The molecule has 0 unspecified atom stereocenters. The van der Waals surface area contributed by atoms with E-state index in [1.807, 2.05) is 61.5 Å². The van der Waals surface area contributed by atoms with E-state index in [0.717, 1.165) is 16.8 Å². The van der Waals surface area contributed by atoms with Gasteiger partial charge in [-0.3, -0.25) is 19.4 Å². The number of ether oxygens (including phenoxy) is 2. The molecule has 1 aliphatic rings. The van der Waals surface area contributed by atoms with Crippen LogP contribution in [0.2, 0.25) is 0 Å². The SMILES string of the molecule is CCc1nc([C@H]2O[C@@H](n3cnc4c(NCC(c5ccccc5)c5ccccc5)nc(NCCc5ccccn5)nc43)[C@H](O)[C@@H]2OC=O)n[nH]1. The fourth-order valence-corrected chi connectivity index (χ4v) is 6.05. The van der Waals surface area contributed by atoms with Gasteiger partial charge in [0.2, 0.25) is 5.95 Å². The smallest absolute Gasteiger partial charge is 0.293 e. The van der Waals surface area contributed by atoms with Crippen LogP contribution < -0.4 is 10.6 Å². The van der Waals surface area contributed by atoms with Crippen LogP contribution >= 0.6 is 0 Å². The molecule has 5 heterocycles. The lowest BCUT2D eigenvalue weighted by atomic mass is 9.91. The molecule has 1 fully saturated rings. The van der Waals surface area contributed by atoms with Gasteiger partial charge in [-0.25, -0.2) is 9.97 Å². The lowest BCUT2D eigenvalue weighted by molar-refractivity contribution is -0.140. The number of hydrogen-bond acceptors (Lipinski definition) is 12. The number of anilines is 2. The molecule has 4 aromatic heterocycles. The number of nitrogens with one attached hydrogen (secondary N) is 3. The summed E-state index contributed by atoms with van der Waals surface area (Å²) in [5.41, 5.74) is 4.12.